The van der Waals surface area contributed by atoms with Gasteiger partial charge < -0.3 is 5.11 Å². The third-order valence-electron chi connectivity index (χ3n) is 3.74. The monoisotopic (exact) mass is 391 g/mol. The van der Waals surface area contributed by atoms with Crippen molar-refractivity contribution in [3.8, 4) is 5.75 Å². The number of nitrogens with zero attached hydrogens (tertiary/aromatic N) is 1. The number of para-hydroxylation sites is 1. The zero-order valence-corrected chi connectivity index (χ0v) is 15.9. The Hall–Kier alpha value is 0.153. The predicted molar refractivity (Wildman–Crippen MR) is 83.6 cm³/mol. The minimum absolute atomic E-state index is 0.361. The topological polar surface area (TPSA) is 32.6 Å². The molecule has 2 nitrogen and oxygen atoms in total. The first-order valence-corrected chi connectivity index (χ1v) is 13.2. The van der Waals surface area contributed by atoms with Crippen molar-refractivity contribution >= 4 is 23.2 Å². The Balaban J connectivity index is 0.000000612. The number of hydrogen-bond acceptors (Lipinski definition) is 2. The average Bonchev–Trinajstić information content (AvgIpc) is 2.43. The summed E-state index contributed by atoms with van der Waals surface area (Å²) in [5.74, 6) is 1.03. The SMILES string of the molecule is Cc1cccc(C=NC2CCCCC2C)c1O.[Cl][Zr][Cl]. The second kappa shape index (κ2) is 9.98. The third kappa shape index (κ3) is 5.87. The number of phenols is 1. The van der Waals surface area contributed by atoms with Crippen molar-refractivity contribution in [3.05, 3.63) is 29.3 Å². The summed E-state index contributed by atoms with van der Waals surface area (Å²) in [6.45, 7) is 4.19. The summed E-state index contributed by atoms with van der Waals surface area (Å²) in [6.07, 6.45) is 6.93. The predicted octanol–water partition coefficient (Wildman–Crippen LogP) is 5.07. The molecule has 0 spiro atoms. The molecule has 1 aromatic carbocycles. The summed E-state index contributed by atoms with van der Waals surface area (Å²) >= 11 is -0.826. The summed E-state index contributed by atoms with van der Waals surface area (Å²) in [7, 11) is 9.87. The number of aryl methyl sites for hydroxylation is 1. The number of aromatic hydroxyl groups is 1. The number of aliphatic imine (C=N–C) groups is 1. The van der Waals surface area contributed by atoms with E-state index in [0.717, 1.165) is 11.1 Å². The molecule has 2 rings (SSSR count). The summed E-state index contributed by atoms with van der Waals surface area (Å²) in [5.41, 5.74) is 1.74. The Labute approximate surface area is 140 Å². The minimum atomic E-state index is -0.826. The number of benzene rings is 1. The summed E-state index contributed by atoms with van der Waals surface area (Å²) in [4.78, 5) is 4.65. The van der Waals surface area contributed by atoms with E-state index in [1.54, 1.807) is 0 Å². The van der Waals surface area contributed by atoms with Gasteiger partial charge in [-0.15, -0.1) is 0 Å². The molecule has 1 saturated carbocycles. The molecule has 20 heavy (non-hydrogen) atoms. The van der Waals surface area contributed by atoms with Crippen LogP contribution in [0.15, 0.2) is 23.2 Å². The van der Waals surface area contributed by atoms with E-state index in [1.165, 1.54) is 25.7 Å². The van der Waals surface area contributed by atoms with Gasteiger partial charge in [-0.2, -0.15) is 0 Å². The van der Waals surface area contributed by atoms with Crippen LogP contribution in [0.3, 0.4) is 0 Å². The first-order valence-electron chi connectivity index (χ1n) is 6.88. The molecule has 1 N–H and O–H groups in total. The van der Waals surface area contributed by atoms with E-state index in [-0.39, 0.29) is 0 Å². The fourth-order valence-corrected chi connectivity index (χ4v) is 2.48. The number of phenolic OH excluding ortho intramolecular Hbond substituents is 1. The number of halogens is 2. The van der Waals surface area contributed by atoms with E-state index >= 15 is 0 Å². The molecule has 0 heterocycles. The standard InChI is InChI=1S/C15H21NO.2ClH.Zr/c1-11-6-3-4-9-14(11)16-10-13-8-5-7-12(2)15(13)17;;;/h5,7-8,10-11,14,17H,3-4,6,9H2,1-2H3;2*1H;/q;;;+2/p-2. The van der Waals surface area contributed by atoms with Gasteiger partial charge in [0.25, 0.3) is 0 Å². The van der Waals surface area contributed by atoms with Gasteiger partial charge in [0.05, 0.1) is 6.04 Å². The van der Waals surface area contributed by atoms with Crippen LogP contribution in [0.25, 0.3) is 0 Å². The molecular formula is C15H21Cl2NOZr. The van der Waals surface area contributed by atoms with E-state index in [2.05, 4.69) is 11.9 Å². The Morgan fingerprint density at radius 2 is 1.95 bits per heavy atom. The van der Waals surface area contributed by atoms with E-state index < -0.39 is 20.8 Å². The molecule has 0 aliphatic heterocycles. The first kappa shape index (κ1) is 18.2. The fourth-order valence-electron chi connectivity index (χ4n) is 2.48. The van der Waals surface area contributed by atoms with E-state index in [0.29, 0.717) is 17.7 Å². The van der Waals surface area contributed by atoms with Crippen molar-refractivity contribution in [2.45, 2.75) is 45.6 Å². The van der Waals surface area contributed by atoms with Gasteiger partial charge in [0.2, 0.25) is 0 Å². The molecule has 1 aromatic rings. The van der Waals surface area contributed by atoms with Crippen molar-refractivity contribution in [2.75, 3.05) is 0 Å². The van der Waals surface area contributed by atoms with Gasteiger partial charge in [-0.1, -0.05) is 31.9 Å². The molecule has 110 valence electrons. The Bertz CT molecular complexity index is 440. The Morgan fingerprint density at radius 1 is 1.30 bits per heavy atom. The average molecular weight is 393 g/mol. The maximum absolute atomic E-state index is 9.90. The van der Waals surface area contributed by atoms with E-state index in [1.807, 2.05) is 31.3 Å². The van der Waals surface area contributed by atoms with Gasteiger partial charge in [-0.3, -0.25) is 4.99 Å². The zero-order chi connectivity index (χ0) is 15.0. The van der Waals surface area contributed by atoms with E-state index in [4.69, 9.17) is 17.0 Å². The van der Waals surface area contributed by atoms with Gasteiger partial charge >= 0.3 is 37.9 Å². The van der Waals surface area contributed by atoms with Crippen molar-refractivity contribution in [3.63, 3.8) is 0 Å². The van der Waals surface area contributed by atoms with Gasteiger partial charge in [0, 0.05) is 11.8 Å². The second-order valence-electron chi connectivity index (χ2n) is 5.19. The molecule has 1 aliphatic rings. The molecule has 0 radical (unpaired) electrons. The van der Waals surface area contributed by atoms with Crippen LogP contribution in [0, 0.1) is 12.8 Å². The summed E-state index contributed by atoms with van der Waals surface area (Å²) in [5, 5.41) is 9.90. The zero-order valence-electron chi connectivity index (χ0n) is 11.9. The number of hydrogen-bond donors (Lipinski definition) is 1. The molecule has 2 atom stereocenters. The second-order valence-corrected chi connectivity index (χ2v) is 8.92. The molecular weight excluding hydrogens is 372 g/mol. The van der Waals surface area contributed by atoms with Crippen molar-refractivity contribution in [1.82, 2.24) is 0 Å². The normalized spacial score (nSPS) is 22.2. The fraction of sp³-hybridized carbons (Fsp3) is 0.533. The molecule has 0 amide bonds. The van der Waals surface area contributed by atoms with Crippen LogP contribution in [-0.2, 0) is 20.8 Å². The molecule has 1 aliphatic carbocycles. The summed E-state index contributed by atoms with van der Waals surface area (Å²) in [6, 6.07) is 6.22. The van der Waals surface area contributed by atoms with Crippen molar-refractivity contribution in [2.24, 2.45) is 10.9 Å². The van der Waals surface area contributed by atoms with Crippen LogP contribution < -0.4 is 0 Å². The van der Waals surface area contributed by atoms with Crippen LogP contribution in [0.4, 0.5) is 0 Å². The van der Waals surface area contributed by atoms with Gasteiger partial charge in [-0.25, -0.2) is 0 Å². The maximum atomic E-state index is 9.90. The van der Waals surface area contributed by atoms with Gasteiger partial charge in [0.1, 0.15) is 5.75 Å². The van der Waals surface area contributed by atoms with Crippen LogP contribution in [0.2, 0.25) is 0 Å². The molecule has 0 aromatic heterocycles. The van der Waals surface area contributed by atoms with Crippen LogP contribution in [0.5, 0.6) is 5.75 Å². The van der Waals surface area contributed by atoms with Crippen LogP contribution in [-0.4, -0.2) is 17.4 Å². The van der Waals surface area contributed by atoms with Gasteiger partial charge in [-0.05, 0) is 37.3 Å². The van der Waals surface area contributed by atoms with Crippen molar-refractivity contribution in [1.29, 1.82) is 0 Å². The van der Waals surface area contributed by atoms with Crippen molar-refractivity contribution < 1.29 is 26.0 Å². The number of rotatable bonds is 2. The third-order valence-corrected chi connectivity index (χ3v) is 3.74. The molecule has 1 fully saturated rings. The van der Waals surface area contributed by atoms with E-state index in [9.17, 15) is 5.11 Å². The van der Waals surface area contributed by atoms with Crippen LogP contribution >= 0.6 is 17.0 Å². The summed E-state index contributed by atoms with van der Waals surface area (Å²) < 4.78 is 0. The first-order chi connectivity index (χ1) is 9.60. The molecule has 0 saturated heterocycles. The molecule has 5 heteroatoms. The Kier molecular flexibility index (Phi) is 9.08. The van der Waals surface area contributed by atoms with Gasteiger partial charge in [0.15, 0.2) is 0 Å². The van der Waals surface area contributed by atoms with Crippen LogP contribution in [0.1, 0.15) is 43.7 Å². The Morgan fingerprint density at radius 3 is 2.60 bits per heavy atom. The molecule has 2 unspecified atom stereocenters. The quantitative estimate of drug-likeness (QED) is 0.699. The molecule has 0 bridgehead atoms.